The minimum absolute atomic E-state index is 0.585. The standard InChI is InChI=1S/C20H19N3O/c1-3-23-13-17(16-10-6-7-11-18(16)23)20-22-21-19(24-20)12-15-9-5-4-8-14(15)2/h4-11,13H,3,12H2,1-2H3. The number of fused-ring (bicyclic) bond motifs is 1. The highest BCUT2D eigenvalue weighted by molar-refractivity contribution is 5.93. The van der Waals surface area contributed by atoms with E-state index in [2.05, 4.69) is 65.1 Å². The van der Waals surface area contributed by atoms with E-state index in [0.717, 1.165) is 17.5 Å². The molecule has 0 aliphatic rings. The van der Waals surface area contributed by atoms with Crippen LogP contribution in [0.4, 0.5) is 0 Å². The lowest BCUT2D eigenvalue weighted by molar-refractivity contribution is 0.518. The predicted molar refractivity (Wildman–Crippen MR) is 94.9 cm³/mol. The maximum atomic E-state index is 5.96. The van der Waals surface area contributed by atoms with E-state index in [1.54, 1.807) is 0 Å². The number of benzene rings is 2. The van der Waals surface area contributed by atoms with Gasteiger partial charge in [-0.15, -0.1) is 10.2 Å². The zero-order valence-corrected chi connectivity index (χ0v) is 13.9. The highest BCUT2D eigenvalue weighted by Gasteiger charge is 2.15. The summed E-state index contributed by atoms with van der Waals surface area (Å²) in [4.78, 5) is 0. The lowest BCUT2D eigenvalue weighted by Gasteiger charge is -2.01. The van der Waals surface area contributed by atoms with Crippen LogP contribution in [0, 0.1) is 6.92 Å². The van der Waals surface area contributed by atoms with E-state index in [1.807, 2.05) is 18.2 Å². The van der Waals surface area contributed by atoms with Gasteiger partial charge in [0.15, 0.2) is 0 Å². The van der Waals surface area contributed by atoms with Crippen molar-refractivity contribution in [3.05, 3.63) is 71.7 Å². The molecule has 0 radical (unpaired) electrons. The van der Waals surface area contributed by atoms with Crippen LogP contribution in [0.3, 0.4) is 0 Å². The van der Waals surface area contributed by atoms with Crippen molar-refractivity contribution < 1.29 is 4.42 Å². The van der Waals surface area contributed by atoms with Crippen molar-refractivity contribution in [2.45, 2.75) is 26.8 Å². The van der Waals surface area contributed by atoms with Crippen molar-refractivity contribution in [1.82, 2.24) is 14.8 Å². The molecule has 0 fully saturated rings. The van der Waals surface area contributed by atoms with Gasteiger partial charge < -0.3 is 8.98 Å². The number of nitrogens with zero attached hydrogens (tertiary/aromatic N) is 3. The van der Waals surface area contributed by atoms with E-state index in [9.17, 15) is 0 Å². The lowest BCUT2D eigenvalue weighted by Crippen LogP contribution is -1.91. The summed E-state index contributed by atoms with van der Waals surface area (Å²) in [6.45, 7) is 5.14. The zero-order chi connectivity index (χ0) is 16.5. The molecule has 0 atom stereocenters. The lowest BCUT2D eigenvalue weighted by atomic mass is 10.1. The number of aryl methyl sites for hydroxylation is 2. The quantitative estimate of drug-likeness (QED) is 0.552. The molecule has 0 saturated carbocycles. The van der Waals surface area contributed by atoms with Crippen LogP contribution in [0.1, 0.15) is 23.9 Å². The van der Waals surface area contributed by atoms with Crippen LogP contribution in [-0.4, -0.2) is 14.8 Å². The first-order chi connectivity index (χ1) is 11.8. The molecule has 4 heteroatoms. The van der Waals surface area contributed by atoms with Crippen LogP contribution >= 0.6 is 0 Å². The molecule has 0 aliphatic heterocycles. The third kappa shape index (κ3) is 2.50. The summed E-state index contributed by atoms with van der Waals surface area (Å²) >= 11 is 0. The van der Waals surface area contributed by atoms with Gasteiger partial charge in [-0.05, 0) is 31.0 Å². The Hall–Kier alpha value is -2.88. The fraction of sp³-hybridized carbons (Fsp3) is 0.200. The van der Waals surface area contributed by atoms with Crippen molar-refractivity contribution in [3.63, 3.8) is 0 Å². The maximum Gasteiger partial charge on any atom is 0.249 e. The van der Waals surface area contributed by atoms with Gasteiger partial charge in [0.1, 0.15) is 0 Å². The molecule has 4 aromatic rings. The molecular formula is C20H19N3O. The van der Waals surface area contributed by atoms with E-state index in [1.165, 1.54) is 16.6 Å². The second-order valence-electron chi connectivity index (χ2n) is 5.95. The number of para-hydroxylation sites is 1. The molecule has 120 valence electrons. The molecule has 0 unspecified atom stereocenters. The Balaban J connectivity index is 1.72. The Morgan fingerprint density at radius 2 is 1.79 bits per heavy atom. The monoisotopic (exact) mass is 317 g/mol. The summed E-state index contributed by atoms with van der Waals surface area (Å²) in [5.41, 5.74) is 4.63. The Bertz CT molecular complexity index is 997. The van der Waals surface area contributed by atoms with Gasteiger partial charge in [0.25, 0.3) is 0 Å². The van der Waals surface area contributed by atoms with Crippen LogP contribution in [0.2, 0.25) is 0 Å². The van der Waals surface area contributed by atoms with Gasteiger partial charge in [0, 0.05) is 23.6 Å². The molecule has 4 rings (SSSR count). The topological polar surface area (TPSA) is 43.9 Å². The number of rotatable bonds is 4. The first kappa shape index (κ1) is 14.7. The molecule has 0 N–H and O–H groups in total. The largest absolute Gasteiger partial charge is 0.420 e. The Morgan fingerprint density at radius 1 is 1.00 bits per heavy atom. The third-order valence-electron chi connectivity index (χ3n) is 4.43. The second kappa shape index (κ2) is 5.96. The molecule has 24 heavy (non-hydrogen) atoms. The summed E-state index contributed by atoms with van der Waals surface area (Å²) < 4.78 is 8.16. The van der Waals surface area contributed by atoms with Crippen LogP contribution < -0.4 is 0 Å². The van der Waals surface area contributed by atoms with Gasteiger partial charge in [-0.1, -0.05) is 42.5 Å². The van der Waals surface area contributed by atoms with Crippen molar-refractivity contribution in [2.75, 3.05) is 0 Å². The first-order valence-corrected chi connectivity index (χ1v) is 8.21. The van der Waals surface area contributed by atoms with E-state index >= 15 is 0 Å². The summed E-state index contributed by atoms with van der Waals surface area (Å²) in [5, 5.41) is 9.67. The van der Waals surface area contributed by atoms with Gasteiger partial charge in [-0.3, -0.25) is 0 Å². The van der Waals surface area contributed by atoms with Crippen LogP contribution in [0.15, 0.2) is 59.1 Å². The first-order valence-electron chi connectivity index (χ1n) is 8.21. The van der Waals surface area contributed by atoms with Crippen molar-refractivity contribution in [3.8, 4) is 11.5 Å². The second-order valence-corrected chi connectivity index (χ2v) is 5.95. The Labute approximate surface area is 140 Å². The van der Waals surface area contributed by atoms with E-state index in [0.29, 0.717) is 18.2 Å². The molecule has 2 heterocycles. The van der Waals surface area contributed by atoms with Crippen molar-refractivity contribution in [2.24, 2.45) is 0 Å². The van der Waals surface area contributed by atoms with Crippen LogP contribution in [0.25, 0.3) is 22.4 Å². The average Bonchev–Trinajstić information content (AvgIpc) is 3.21. The SMILES string of the molecule is CCn1cc(-c2nnc(Cc3ccccc3C)o2)c2ccccc21. The normalized spacial score (nSPS) is 11.2. The van der Waals surface area contributed by atoms with E-state index in [4.69, 9.17) is 4.42 Å². The molecule has 2 aromatic heterocycles. The summed E-state index contributed by atoms with van der Waals surface area (Å²) in [7, 11) is 0. The fourth-order valence-corrected chi connectivity index (χ4v) is 3.08. The highest BCUT2D eigenvalue weighted by atomic mass is 16.4. The Morgan fingerprint density at radius 3 is 2.62 bits per heavy atom. The van der Waals surface area contributed by atoms with Gasteiger partial charge in [-0.25, -0.2) is 0 Å². The number of hydrogen-bond donors (Lipinski definition) is 0. The Kier molecular flexibility index (Phi) is 3.65. The average molecular weight is 317 g/mol. The highest BCUT2D eigenvalue weighted by Crippen LogP contribution is 2.30. The van der Waals surface area contributed by atoms with Gasteiger partial charge in [0.05, 0.1) is 12.0 Å². The number of aromatic nitrogens is 3. The van der Waals surface area contributed by atoms with Gasteiger partial charge in [-0.2, -0.15) is 0 Å². The molecular weight excluding hydrogens is 298 g/mol. The molecule has 0 bridgehead atoms. The fourth-order valence-electron chi connectivity index (χ4n) is 3.08. The summed E-state index contributed by atoms with van der Waals surface area (Å²) in [5.74, 6) is 1.23. The van der Waals surface area contributed by atoms with Crippen molar-refractivity contribution >= 4 is 10.9 Å². The molecule has 0 aliphatic carbocycles. The maximum absolute atomic E-state index is 5.96. The van der Waals surface area contributed by atoms with Gasteiger partial charge in [0.2, 0.25) is 11.8 Å². The molecule has 0 spiro atoms. The van der Waals surface area contributed by atoms with Crippen LogP contribution in [-0.2, 0) is 13.0 Å². The predicted octanol–water partition coefficient (Wildman–Crippen LogP) is 4.61. The van der Waals surface area contributed by atoms with Crippen LogP contribution in [0.5, 0.6) is 0 Å². The minimum Gasteiger partial charge on any atom is -0.420 e. The molecule has 0 amide bonds. The zero-order valence-electron chi connectivity index (χ0n) is 13.9. The smallest absolute Gasteiger partial charge is 0.249 e. The third-order valence-corrected chi connectivity index (χ3v) is 4.43. The van der Waals surface area contributed by atoms with E-state index < -0.39 is 0 Å². The minimum atomic E-state index is 0.585. The molecule has 4 nitrogen and oxygen atoms in total. The molecule has 2 aromatic carbocycles. The van der Waals surface area contributed by atoms with Crippen molar-refractivity contribution in [1.29, 1.82) is 0 Å². The summed E-state index contributed by atoms with van der Waals surface area (Å²) in [6, 6.07) is 16.6. The molecule has 0 saturated heterocycles. The number of hydrogen-bond acceptors (Lipinski definition) is 3. The summed E-state index contributed by atoms with van der Waals surface area (Å²) in [6.07, 6.45) is 2.75. The van der Waals surface area contributed by atoms with Gasteiger partial charge >= 0.3 is 0 Å². The van der Waals surface area contributed by atoms with E-state index in [-0.39, 0.29) is 0 Å².